The average Bonchev–Trinajstić information content (AvgIpc) is 2.09. The van der Waals surface area contributed by atoms with Crippen molar-refractivity contribution in [2.24, 2.45) is 0 Å². The monoisotopic (exact) mass is 292 g/mol. The Labute approximate surface area is 87.6 Å². The zero-order valence-electron chi connectivity index (χ0n) is 6.35. The summed E-state index contributed by atoms with van der Waals surface area (Å²) in [6.07, 6.45) is 2.57. The van der Waals surface area contributed by atoms with Crippen molar-refractivity contribution in [3.8, 4) is 6.07 Å². The van der Waals surface area contributed by atoms with E-state index in [1.54, 1.807) is 6.07 Å². The Balaban J connectivity index is 3.12. The maximum atomic E-state index is 10.6. The quantitative estimate of drug-likeness (QED) is 0.254. The van der Waals surface area contributed by atoms with Gasteiger partial charge in [-0.3, -0.25) is 10.1 Å². The van der Waals surface area contributed by atoms with E-state index in [-0.39, 0.29) is 5.57 Å². The third-order valence-corrected chi connectivity index (χ3v) is 2.98. The van der Waals surface area contributed by atoms with Crippen LogP contribution in [0.5, 0.6) is 0 Å². The van der Waals surface area contributed by atoms with Crippen LogP contribution in [0.15, 0.2) is 23.8 Å². The zero-order chi connectivity index (χ0) is 10.1. The molecule has 1 aliphatic rings. The number of aliphatic hydroxyl groups is 1. The smallest absolute Gasteiger partial charge is 0.317 e. The molecule has 0 aromatic carbocycles. The van der Waals surface area contributed by atoms with Crippen LogP contribution in [-0.4, -0.2) is 19.7 Å². The maximum absolute atomic E-state index is 10.6. The molecule has 0 aromatic rings. The van der Waals surface area contributed by atoms with Crippen LogP contribution in [0.1, 0.15) is 0 Å². The molecule has 0 bridgehead atoms. The average molecular weight is 292 g/mol. The van der Waals surface area contributed by atoms with Crippen LogP contribution in [-0.2, 0) is 0 Å². The first-order valence-corrected chi connectivity index (χ1v) is 4.41. The molecule has 0 fully saturated rings. The van der Waals surface area contributed by atoms with Gasteiger partial charge in [0.25, 0.3) is 0 Å². The van der Waals surface area contributed by atoms with Crippen molar-refractivity contribution in [3.63, 3.8) is 0 Å². The highest BCUT2D eigenvalue weighted by Crippen LogP contribution is 2.31. The fraction of sp³-hybridized carbons (Fsp3) is 0.286. The number of halogens is 1. The van der Waals surface area contributed by atoms with Crippen molar-refractivity contribution in [3.05, 3.63) is 33.9 Å². The minimum Gasteiger partial charge on any atom is -0.380 e. The summed E-state index contributed by atoms with van der Waals surface area (Å²) < 4.78 is -1.61. The number of nitriles is 1. The zero-order valence-corrected chi connectivity index (χ0v) is 8.50. The highest BCUT2D eigenvalue weighted by molar-refractivity contribution is 14.1. The number of alkyl halides is 1. The summed E-state index contributed by atoms with van der Waals surface area (Å²) in [5.74, 6) is 0. The second-order valence-electron chi connectivity index (χ2n) is 2.50. The SMILES string of the molecule is N#CC1=CC(I)([N+](=O)[O-])C(O)C=C1. The van der Waals surface area contributed by atoms with E-state index in [1.165, 1.54) is 34.7 Å². The van der Waals surface area contributed by atoms with E-state index >= 15 is 0 Å². The van der Waals surface area contributed by atoms with Crippen LogP contribution in [0.4, 0.5) is 0 Å². The summed E-state index contributed by atoms with van der Waals surface area (Å²) >= 11 is 1.52. The van der Waals surface area contributed by atoms with Gasteiger partial charge in [0.05, 0.1) is 11.6 Å². The van der Waals surface area contributed by atoms with Gasteiger partial charge in [0.2, 0.25) is 0 Å². The van der Waals surface area contributed by atoms with Gasteiger partial charge < -0.3 is 5.11 Å². The largest absolute Gasteiger partial charge is 0.380 e. The number of nitro groups is 1. The molecule has 68 valence electrons. The van der Waals surface area contributed by atoms with Crippen LogP contribution >= 0.6 is 22.6 Å². The van der Waals surface area contributed by atoms with E-state index in [2.05, 4.69) is 0 Å². The topological polar surface area (TPSA) is 87.2 Å². The Morgan fingerprint density at radius 3 is 2.92 bits per heavy atom. The molecule has 0 spiro atoms. The normalized spacial score (nSPS) is 32.1. The molecule has 2 atom stereocenters. The fourth-order valence-electron chi connectivity index (χ4n) is 0.912. The number of nitrogens with zero attached hydrogens (tertiary/aromatic N) is 2. The lowest BCUT2D eigenvalue weighted by Crippen LogP contribution is -2.42. The summed E-state index contributed by atoms with van der Waals surface area (Å²) in [5, 5.41) is 28.4. The predicted octanol–water partition coefficient (Wildman–Crippen LogP) is 0.775. The summed E-state index contributed by atoms with van der Waals surface area (Å²) in [6.45, 7) is 0. The van der Waals surface area contributed by atoms with Crippen molar-refractivity contribution in [1.82, 2.24) is 0 Å². The van der Waals surface area contributed by atoms with E-state index in [0.29, 0.717) is 0 Å². The lowest BCUT2D eigenvalue weighted by atomic mass is 10.0. The van der Waals surface area contributed by atoms with E-state index in [1.807, 2.05) is 0 Å². The lowest BCUT2D eigenvalue weighted by molar-refractivity contribution is -0.526. The number of aliphatic hydroxyl groups excluding tert-OH is 1. The van der Waals surface area contributed by atoms with Crippen molar-refractivity contribution < 1.29 is 10.0 Å². The standard InChI is InChI=1S/C7H5IN2O3/c8-7(10(12)13)3-5(4-9)1-2-6(7)11/h1-3,6,11H. The first-order valence-electron chi connectivity index (χ1n) is 3.33. The van der Waals surface area contributed by atoms with Crippen LogP contribution in [0.2, 0.25) is 0 Å². The Morgan fingerprint density at radius 1 is 1.85 bits per heavy atom. The van der Waals surface area contributed by atoms with Gasteiger partial charge in [-0.15, -0.1) is 0 Å². The molecule has 0 saturated carbocycles. The van der Waals surface area contributed by atoms with E-state index in [4.69, 9.17) is 5.26 Å². The molecule has 6 heteroatoms. The van der Waals surface area contributed by atoms with Gasteiger partial charge in [-0.25, -0.2) is 0 Å². The Morgan fingerprint density at radius 2 is 2.46 bits per heavy atom. The van der Waals surface area contributed by atoms with Crippen LogP contribution in [0.3, 0.4) is 0 Å². The summed E-state index contributed by atoms with van der Waals surface area (Å²) in [6, 6.07) is 1.79. The van der Waals surface area contributed by atoms with Crippen molar-refractivity contribution >= 4 is 22.6 Å². The maximum Gasteiger partial charge on any atom is 0.317 e. The number of hydrogen-bond acceptors (Lipinski definition) is 4. The first kappa shape index (κ1) is 10.1. The minimum atomic E-state index is -1.61. The molecule has 1 aliphatic carbocycles. The second-order valence-corrected chi connectivity index (χ2v) is 4.23. The highest BCUT2D eigenvalue weighted by atomic mass is 127. The molecule has 5 nitrogen and oxygen atoms in total. The molecule has 0 radical (unpaired) electrons. The van der Waals surface area contributed by atoms with Crippen LogP contribution in [0, 0.1) is 21.4 Å². The van der Waals surface area contributed by atoms with Crippen LogP contribution < -0.4 is 0 Å². The molecule has 0 aromatic heterocycles. The van der Waals surface area contributed by atoms with E-state index in [9.17, 15) is 15.2 Å². The second kappa shape index (κ2) is 3.43. The Kier molecular flexibility index (Phi) is 2.68. The third-order valence-electron chi connectivity index (χ3n) is 1.64. The van der Waals surface area contributed by atoms with Gasteiger partial charge in [-0.05, 0) is 12.2 Å². The predicted molar refractivity (Wildman–Crippen MR) is 52.6 cm³/mol. The molecule has 0 heterocycles. The van der Waals surface area contributed by atoms with Crippen molar-refractivity contribution in [2.75, 3.05) is 0 Å². The molecule has 1 N–H and O–H groups in total. The Bertz CT molecular complexity index is 344. The summed E-state index contributed by atoms with van der Waals surface area (Å²) in [4.78, 5) is 9.99. The Hall–Kier alpha value is -0.940. The van der Waals surface area contributed by atoms with Crippen LogP contribution in [0.25, 0.3) is 0 Å². The third kappa shape index (κ3) is 1.71. The summed E-state index contributed by atoms with van der Waals surface area (Å²) in [7, 11) is 0. The fourth-order valence-corrected chi connectivity index (χ4v) is 1.45. The number of rotatable bonds is 1. The number of hydrogen-bond donors (Lipinski definition) is 1. The molecular weight excluding hydrogens is 287 g/mol. The minimum absolute atomic E-state index is 0.191. The molecule has 1 rings (SSSR count). The lowest BCUT2D eigenvalue weighted by Gasteiger charge is -2.21. The van der Waals surface area contributed by atoms with Gasteiger partial charge in [-0.1, -0.05) is 0 Å². The van der Waals surface area contributed by atoms with Gasteiger partial charge in [0.15, 0.2) is 6.10 Å². The summed E-state index contributed by atoms with van der Waals surface area (Å²) in [5.41, 5.74) is 0.191. The molecule has 0 saturated heterocycles. The molecule has 0 amide bonds. The van der Waals surface area contributed by atoms with Gasteiger partial charge in [-0.2, -0.15) is 5.26 Å². The molecule has 2 unspecified atom stereocenters. The van der Waals surface area contributed by atoms with Gasteiger partial charge >= 0.3 is 3.55 Å². The number of allylic oxidation sites excluding steroid dienone is 2. The van der Waals surface area contributed by atoms with E-state index in [0.717, 1.165) is 6.08 Å². The molecule has 13 heavy (non-hydrogen) atoms. The first-order chi connectivity index (χ1) is 6.00. The molecule has 0 aliphatic heterocycles. The van der Waals surface area contributed by atoms with Crippen molar-refractivity contribution in [1.29, 1.82) is 5.26 Å². The van der Waals surface area contributed by atoms with Gasteiger partial charge in [0.1, 0.15) is 0 Å². The van der Waals surface area contributed by atoms with E-state index < -0.39 is 14.6 Å². The van der Waals surface area contributed by atoms with Crippen molar-refractivity contribution in [2.45, 2.75) is 9.65 Å². The highest BCUT2D eigenvalue weighted by Gasteiger charge is 2.46. The molecular formula is C7H5IN2O3. The van der Waals surface area contributed by atoms with Gasteiger partial charge in [0, 0.05) is 33.6 Å².